The highest BCUT2D eigenvalue weighted by molar-refractivity contribution is 6.36. The second-order valence-corrected chi connectivity index (χ2v) is 4.71. The summed E-state index contributed by atoms with van der Waals surface area (Å²) in [7, 11) is 0. The summed E-state index contributed by atoms with van der Waals surface area (Å²) in [6.45, 7) is 1.17. The number of benzene rings is 1. The molecule has 2 rings (SSSR count). The first-order valence-electron chi connectivity index (χ1n) is 5.39. The molecule has 1 aromatic carbocycles. The third-order valence-corrected chi connectivity index (χ3v) is 3.10. The molecule has 1 heterocycles. The van der Waals surface area contributed by atoms with Gasteiger partial charge in [-0.05, 0) is 25.0 Å². The molecular weight excluding hydrogens is 263 g/mol. The molecule has 1 unspecified atom stereocenters. The van der Waals surface area contributed by atoms with E-state index < -0.39 is 0 Å². The van der Waals surface area contributed by atoms with E-state index in [1.54, 1.807) is 6.07 Å². The first-order chi connectivity index (χ1) is 8.20. The summed E-state index contributed by atoms with van der Waals surface area (Å²) in [6, 6.07) is 3.09. The molecule has 0 aromatic heterocycles. The van der Waals surface area contributed by atoms with Crippen LogP contribution in [0.25, 0.3) is 0 Å². The van der Waals surface area contributed by atoms with Gasteiger partial charge in [-0.1, -0.05) is 23.2 Å². The molecule has 0 saturated carbocycles. The van der Waals surface area contributed by atoms with Crippen molar-refractivity contribution in [1.29, 1.82) is 0 Å². The Kier molecular flexibility index (Phi) is 4.26. The Morgan fingerprint density at radius 3 is 2.94 bits per heavy atom. The molecule has 1 aliphatic rings. The molecule has 0 amide bonds. The molecule has 5 heteroatoms. The third kappa shape index (κ3) is 3.12. The van der Waals surface area contributed by atoms with E-state index in [9.17, 15) is 4.79 Å². The lowest BCUT2D eigenvalue weighted by atomic mass is 10.2. The van der Waals surface area contributed by atoms with E-state index in [1.165, 1.54) is 6.07 Å². The predicted octanol–water partition coefficient (Wildman–Crippen LogP) is 3.36. The summed E-state index contributed by atoms with van der Waals surface area (Å²) in [5, 5.41) is 0.763. The molecule has 0 N–H and O–H groups in total. The second-order valence-electron chi connectivity index (χ2n) is 3.87. The average Bonchev–Trinajstić information content (AvgIpc) is 2.79. The van der Waals surface area contributed by atoms with Gasteiger partial charge in [0, 0.05) is 11.6 Å². The van der Waals surface area contributed by atoms with Gasteiger partial charge in [0.2, 0.25) is 0 Å². The fraction of sp³-hybridized carbons (Fsp3) is 0.417. The highest BCUT2D eigenvalue weighted by Gasteiger charge is 2.18. The Labute approximate surface area is 110 Å². The van der Waals surface area contributed by atoms with Gasteiger partial charge in [-0.3, -0.25) is 4.79 Å². The number of halogens is 2. The molecule has 1 fully saturated rings. The van der Waals surface area contributed by atoms with Crippen LogP contribution < -0.4 is 4.74 Å². The van der Waals surface area contributed by atoms with Crippen molar-refractivity contribution < 1.29 is 14.3 Å². The van der Waals surface area contributed by atoms with Crippen LogP contribution in [0.4, 0.5) is 0 Å². The number of carbonyl (C=O) groups is 1. The van der Waals surface area contributed by atoms with Crippen LogP contribution in [0.5, 0.6) is 5.75 Å². The van der Waals surface area contributed by atoms with Crippen LogP contribution in [-0.4, -0.2) is 25.6 Å². The van der Waals surface area contributed by atoms with Crippen molar-refractivity contribution in [3.63, 3.8) is 0 Å². The van der Waals surface area contributed by atoms with E-state index >= 15 is 0 Å². The number of hydrogen-bond acceptors (Lipinski definition) is 3. The van der Waals surface area contributed by atoms with E-state index in [0.29, 0.717) is 34.3 Å². The summed E-state index contributed by atoms with van der Waals surface area (Å²) in [5.74, 6) is 0.376. The van der Waals surface area contributed by atoms with Gasteiger partial charge in [0.25, 0.3) is 0 Å². The maximum Gasteiger partial charge on any atom is 0.153 e. The van der Waals surface area contributed by atoms with Gasteiger partial charge in [0.05, 0.1) is 16.7 Å². The molecule has 1 aromatic rings. The third-order valence-electron chi connectivity index (χ3n) is 2.60. The molecule has 17 heavy (non-hydrogen) atoms. The Morgan fingerprint density at radius 1 is 1.47 bits per heavy atom. The maximum atomic E-state index is 10.9. The first-order valence-corrected chi connectivity index (χ1v) is 6.15. The zero-order valence-electron chi connectivity index (χ0n) is 9.12. The summed E-state index contributed by atoms with van der Waals surface area (Å²) >= 11 is 11.8. The lowest BCUT2D eigenvalue weighted by molar-refractivity contribution is 0.0675. The van der Waals surface area contributed by atoms with Crippen molar-refractivity contribution in [3.8, 4) is 5.75 Å². The average molecular weight is 275 g/mol. The topological polar surface area (TPSA) is 35.5 Å². The summed E-state index contributed by atoms with van der Waals surface area (Å²) < 4.78 is 11.0. The first kappa shape index (κ1) is 12.7. The zero-order chi connectivity index (χ0) is 12.3. The van der Waals surface area contributed by atoms with Crippen molar-refractivity contribution in [2.24, 2.45) is 0 Å². The van der Waals surface area contributed by atoms with Crippen LogP contribution in [0.2, 0.25) is 10.0 Å². The summed E-state index contributed by atoms with van der Waals surface area (Å²) in [5.41, 5.74) is 0.362. The highest BCUT2D eigenvalue weighted by Crippen LogP contribution is 2.32. The van der Waals surface area contributed by atoms with Gasteiger partial charge >= 0.3 is 0 Å². The fourth-order valence-corrected chi connectivity index (χ4v) is 2.34. The highest BCUT2D eigenvalue weighted by atomic mass is 35.5. The lowest BCUT2D eigenvalue weighted by Gasteiger charge is -2.14. The molecule has 1 atom stereocenters. The van der Waals surface area contributed by atoms with Crippen molar-refractivity contribution in [2.45, 2.75) is 18.9 Å². The Bertz CT molecular complexity index is 414. The molecule has 0 aliphatic carbocycles. The number of hydrogen-bond donors (Lipinski definition) is 0. The van der Waals surface area contributed by atoms with E-state index in [0.717, 1.165) is 19.4 Å². The molecule has 1 saturated heterocycles. The Hall–Kier alpha value is -0.770. The normalized spacial score (nSPS) is 19.3. The van der Waals surface area contributed by atoms with Gasteiger partial charge in [-0.25, -0.2) is 0 Å². The summed E-state index contributed by atoms with van der Waals surface area (Å²) in [4.78, 5) is 10.9. The monoisotopic (exact) mass is 274 g/mol. The van der Waals surface area contributed by atoms with E-state index in [4.69, 9.17) is 32.7 Å². The second kappa shape index (κ2) is 5.71. The molecule has 92 valence electrons. The van der Waals surface area contributed by atoms with Crippen molar-refractivity contribution in [3.05, 3.63) is 27.7 Å². The van der Waals surface area contributed by atoms with Gasteiger partial charge in [0.15, 0.2) is 6.29 Å². The smallest absolute Gasteiger partial charge is 0.153 e. The largest absolute Gasteiger partial charge is 0.489 e. The van der Waals surface area contributed by atoms with Crippen molar-refractivity contribution in [2.75, 3.05) is 13.2 Å². The minimum Gasteiger partial charge on any atom is -0.489 e. The molecule has 1 aliphatic heterocycles. The number of aldehydes is 1. The van der Waals surface area contributed by atoms with Gasteiger partial charge in [-0.2, -0.15) is 0 Å². The van der Waals surface area contributed by atoms with Crippen LogP contribution in [0.3, 0.4) is 0 Å². The Balaban J connectivity index is 2.10. The number of carbonyl (C=O) groups excluding carboxylic acids is 1. The minimum atomic E-state index is 0.0845. The minimum absolute atomic E-state index is 0.0845. The van der Waals surface area contributed by atoms with Crippen LogP contribution in [0.15, 0.2) is 12.1 Å². The van der Waals surface area contributed by atoms with Crippen molar-refractivity contribution >= 4 is 29.5 Å². The Morgan fingerprint density at radius 2 is 2.29 bits per heavy atom. The van der Waals surface area contributed by atoms with E-state index in [2.05, 4.69) is 0 Å². The predicted molar refractivity (Wildman–Crippen MR) is 66.3 cm³/mol. The molecule has 0 spiro atoms. The van der Waals surface area contributed by atoms with E-state index in [1.807, 2.05) is 0 Å². The van der Waals surface area contributed by atoms with Gasteiger partial charge in [0.1, 0.15) is 12.4 Å². The zero-order valence-corrected chi connectivity index (χ0v) is 10.6. The van der Waals surface area contributed by atoms with Gasteiger partial charge in [-0.15, -0.1) is 0 Å². The van der Waals surface area contributed by atoms with Crippen LogP contribution in [0, 0.1) is 0 Å². The maximum absolute atomic E-state index is 10.9. The van der Waals surface area contributed by atoms with Gasteiger partial charge < -0.3 is 9.47 Å². The number of rotatable bonds is 4. The SMILES string of the molecule is O=Cc1cc(Cl)cc(Cl)c1OCC1CCCO1. The quantitative estimate of drug-likeness (QED) is 0.790. The van der Waals surface area contributed by atoms with Crippen LogP contribution >= 0.6 is 23.2 Å². The molecule has 0 radical (unpaired) electrons. The van der Waals surface area contributed by atoms with Crippen molar-refractivity contribution in [1.82, 2.24) is 0 Å². The standard InChI is InChI=1S/C12H12Cl2O3/c13-9-4-8(6-15)12(11(14)5-9)17-7-10-2-1-3-16-10/h4-6,10H,1-3,7H2. The van der Waals surface area contributed by atoms with E-state index in [-0.39, 0.29) is 6.10 Å². The molecular formula is C12H12Cl2O3. The summed E-state index contributed by atoms with van der Waals surface area (Å²) in [6.07, 6.45) is 2.79. The molecule has 0 bridgehead atoms. The lowest BCUT2D eigenvalue weighted by Crippen LogP contribution is -2.17. The van der Waals surface area contributed by atoms with Crippen LogP contribution in [0.1, 0.15) is 23.2 Å². The molecule has 3 nitrogen and oxygen atoms in total. The van der Waals surface area contributed by atoms with Crippen LogP contribution in [-0.2, 0) is 4.74 Å². The fourth-order valence-electron chi connectivity index (χ4n) is 1.77. The number of ether oxygens (including phenoxy) is 2.